The Bertz CT molecular complexity index is 1620. The molecule has 0 aliphatic heterocycles. The van der Waals surface area contributed by atoms with E-state index < -0.39 is 0 Å². The van der Waals surface area contributed by atoms with Gasteiger partial charge in [-0.1, -0.05) is 78.9 Å². The zero-order valence-electron chi connectivity index (χ0n) is 17.7. The van der Waals surface area contributed by atoms with E-state index in [9.17, 15) is 0 Å². The number of hydrogen-bond donors (Lipinski definition) is 1. The van der Waals surface area contributed by atoms with Crippen LogP contribution in [0.2, 0.25) is 0 Å². The molecule has 1 aliphatic rings. The van der Waals surface area contributed by atoms with E-state index in [1.54, 1.807) is 0 Å². The SMILES string of the molecule is C1=Cc2c([nH]c3c(-c4cccc(-n5c6ccccc6c6ccccc65)c4)cccc23)CC1. The van der Waals surface area contributed by atoms with Crippen LogP contribution >= 0.6 is 0 Å². The first-order chi connectivity index (χ1) is 15.9. The van der Waals surface area contributed by atoms with E-state index >= 15 is 0 Å². The van der Waals surface area contributed by atoms with Crippen molar-refractivity contribution in [3.8, 4) is 16.8 Å². The molecule has 1 aliphatic carbocycles. The standard InChI is InChI=1S/C30H22N2/c1-4-16-27-23(11-1)26-15-8-14-22(30(26)31-27)20-9-7-10-21(19-20)32-28-17-5-2-12-24(28)25-13-3-6-18-29(25)32/h1-3,5-15,17-19,31H,4,16H2. The monoisotopic (exact) mass is 410 g/mol. The van der Waals surface area contributed by atoms with Crippen molar-refractivity contribution in [2.45, 2.75) is 12.8 Å². The molecule has 0 atom stereocenters. The molecule has 2 aromatic heterocycles. The smallest absolute Gasteiger partial charge is 0.0542 e. The average molecular weight is 411 g/mol. The molecule has 2 nitrogen and oxygen atoms in total. The lowest BCUT2D eigenvalue weighted by molar-refractivity contribution is 0.951. The van der Waals surface area contributed by atoms with E-state index in [1.165, 1.54) is 60.8 Å². The summed E-state index contributed by atoms with van der Waals surface area (Å²) in [6, 6.07) is 33.0. The van der Waals surface area contributed by atoms with Gasteiger partial charge in [-0.25, -0.2) is 0 Å². The van der Waals surface area contributed by atoms with Gasteiger partial charge < -0.3 is 9.55 Å². The highest BCUT2D eigenvalue weighted by Crippen LogP contribution is 2.36. The van der Waals surface area contributed by atoms with Crippen LogP contribution in [-0.4, -0.2) is 9.55 Å². The van der Waals surface area contributed by atoms with Crippen molar-refractivity contribution in [2.24, 2.45) is 0 Å². The van der Waals surface area contributed by atoms with Crippen molar-refractivity contribution in [1.29, 1.82) is 0 Å². The van der Waals surface area contributed by atoms with Crippen molar-refractivity contribution < 1.29 is 0 Å². The molecular weight excluding hydrogens is 388 g/mol. The summed E-state index contributed by atoms with van der Waals surface area (Å²) in [6.45, 7) is 0. The minimum Gasteiger partial charge on any atom is -0.357 e. The first-order valence-electron chi connectivity index (χ1n) is 11.3. The molecule has 6 aromatic rings. The summed E-state index contributed by atoms with van der Waals surface area (Å²) in [7, 11) is 0. The van der Waals surface area contributed by atoms with Gasteiger partial charge >= 0.3 is 0 Å². The van der Waals surface area contributed by atoms with E-state index in [4.69, 9.17) is 0 Å². The lowest BCUT2D eigenvalue weighted by atomic mass is 9.99. The van der Waals surface area contributed by atoms with Gasteiger partial charge in [-0.15, -0.1) is 0 Å². The van der Waals surface area contributed by atoms with Gasteiger partial charge in [0.1, 0.15) is 0 Å². The molecule has 1 N–H and O–H groups in total. The summed E-state index contributed by atoms with van der Waals surface area (Å²) in [4.78, 5) is 3.74. The molecule has 0 fully saturated rings. The zero-order valence-corrected chi connectivity index (χ0v) is 17.7. The highest BCUT2D eigenvalue weighted by molar-refractivity contribution is 6.09. The molecule has 2 heteroatoms. The molecule has 0 bridgehead atoms. The Balaban J connectivity index is 1.48. The molecule has 152 valence electrons. The second-order valence-corrected chi connectivity index (χ2v) is 8.61. The fourth-order valence-corrected chi connectivity index (χ4v) is 5.36. The molecule has 0 amide bonds. The highest BCUT2D eigenvalue weighted by Gasteiger charge is 2.16. The molecule has 32 heavy (non-hydrogen) atoms. The summed E-state index contributed by atoms with van der Waals surface area (Å²) in [5.74, 6) is 0. The Morgan fingerprint density at radius 2 is 1.41 bits per heavy atom. The maximum absolute atomic E-state index is 3.74. The van der Waals surface area contributed by atoms with Crippen LogP contribution in [0.1, 0.15) is 17.7 Å². The summed E-state index contributed by atoms with van der Waals surface area (Å²) < 4.78 is 2.39. The number of benzene rings is 4. The predicted octanol–water partition coefficient (Wildman–Crippen LogP) is 7.89. The maximum Gasteiger partial charge on any atom is 0.0542 e. The second-order valence-electron chi connectivity index (χ2n) is 8.61. The number of nitrogens with one attached hydrogen (secondary N) is 1. The molecule has 0 radical (unpaired) electrons. The van der Waals surface area contributed by atoms with Crippen LogP contribution in [0, 0.1) is 0 Å². The van der Waals surface area contributed by atoms with Crippen LogP contribution in [0.25, 0.3) is 55.6 Å². The van der Waals surface area contributed by atoms with Crippen LogP contribution in [0.4, 0.5) is 0 Å². The van der Waals surface area contributed by atoms with Gasteiger partial charge in [-0.05, 0) is 42.7 Å². The number of fused-ring (bicyclic) bond motifs is 6. The minimum absolute atomic E-state index is 1.08. The van der Waals surface area contributed by atoms with Gasteiger partial charge in [0.25, 0.3) is 0 Å². The molecular formula is C30H22N2. The van der Waals surface area contributed by atoms with E-state index in [-0.39, 0.29) is 0 Å². The van der Waals surface area contributed by atoms with Crippen molar-refractivity contribution in [3.63, 3.8) is 0 Å². The van der Waals surface area contributed by atoms with Gasteiger partial charge in [0.05, 0.1) is 16.6 Å². The van der Waals surface area contributed by atoms with Gasteiger partial charge in [-0.3, -0.25) is 0 Å². The Hall–Kier alpha value is -4.04. The number of aromatic nitrogens is 2. The van der Waals surface area contributed by atoms with Gasteiger partial charge in [-0.2, -0.15) is 0 Å². The summed E-state index contributed by atoms with van der Waals surface area (Å²) >= 11 is 0. The van der Waals surface area contributed by atoms with Gasteiger partial charge in [0.15, 0.2) is 0 Å². The van der Waals surface area contributed by atoms with E-state index in [0.717, 1.165) is 12.8 Å². The summed E-state index contributed by atoms with van der Waals surface area (Å²) in [5, 5.41) is 3.90. The Labute approximate surface area is 186 Å². The summed E-state index contributed by atoms with van der Waals surface area (Å²) in [6.07, 6.45) is 6.75. The number of hydrogen-bond acceptors (Lipinski definition) is 0. The van der Waals surface area contributed by atoms with Crippen molar-refractivity contribution in [2.75, 3.05) is 0 Å². The molecule has 0 saturated carbocycles. The maximum atomic E-state index is 3.74. The third-order valence-electron chi connectivity index (χ3n) is 6.80. The second kappa shape index (κ2) is 6.73. The normalized spacial score (nSPS) is 13.2. The first kappa shape index (κ1) is 17.6. The molecule has 0 saturated heterocycles. The van der Waals surface area contributed by atoms with Crippen molar-refractivity contribution in [1.82, 2.24) is 9.55 Å². The number of aromatic amines is 1. The first-order valence-corrected chi connectivity index (χ1v) is 11.3. The van der Waals surface area contributed by atoms with Crippen LogP contribution in [-0.2, 0) is 6.42 Å². The van der Waals surface area contributed by atoms with Crippen LogP contribution in [0.15, 0.2) is 97.1 Å². The minimum atomic E-state index is 1.08. The highest BCUT2D eigenvalue weighted by atomic mass is 15.0. The quantitative estimate of drug-likeness (QED) is 0.300. The number of H-pyrrole nitrogens is 1. The molecule has 4 aromatic carbocycles. The number of aryl methyl sites for hydroxylation is 1. The third kappa shape index (κ3) is 2.47. The number of para-hydroxylation sites is 3. The van der Waals surface area contributed by atoms with Gasteiger partial charge in [0, 0.05) is 38.7 Å². The van der Waals surface area contributed by atoms with Crippen molar-refractivity contribution >= 4 is 38.8 Å². The van der Waals surface area contributed by atoms with E-state index in [2.05, 4.69) is 113 Å². The van der Waals surface area contributed by atoms with Gasteiger partial charge in [0.2, 0.25) is 0 Å². The van der Waals surface area contributed by atoms with Crippen LogP contribution in [0.3, 0.4) is 0 Å². The molecule has 0 unspecified atom stereocenters. The Morgan fingerprint density at radius 3 is 2.22 bits per heavy atom. The largest absolute Gasteiger partial charge is 0.357 e. The average Bonchev–Trinajstić information content (AvgIpc) is 3.40. The topological polar surface area (TPSA) is 20.7 Å². The number of allylic oxidation sites excluding steroid dienone is 1. The number of nitrogens with zero attached hydrogens (tertiary/aromatic N) is 1. The Kier molecular flexibility index (Phi) is 3.71. The van der Waals surface area contributed by atoms with Crippen LogP contribution in [0.5, 0.6) is 0 Å². The third-order valence-corrected chi connectivity index (χ3v) is 6.80. The zero-order chi connectivity index (χ0) is 21.1. The summed E-state index contributed by atoms with van der Waals surface area (Å²) in [5.41, 5.74) is 10.1. The van der Waals surface area contributed by atoms with E-state index in [1.807, 2.05) is 0 Å². The lowest BCUT2D eigenvalue weighted by Crippen LogP contribution is -1.94. The predicted molar refractivity (Wildman–Crippen MR) is 135 cm³/mol. The van der Waals surface area contributed by atoms with E-state index in [0.29, 0.717) is 0 Å². The molecule has 2 heterocycles. The van der Waals surface area contributed by atoms with Crippen molar-refractivity contribution in [3.05, 3.63) is 108 Å². The Morgan fingerprint density at radius 1 is 0.688 bits per heavy atom. The fourth-order valence-electron chi connectivity index (χ4n) is 5.36. The number of rotatable bonds is 2. The van der Waals surface area contributed by atoms with Crippen LogP contribution < -0.4 is 0 Å². The molecule has 7 rings (SSSR count). The fraction of sp³-hybridized carbons (Fsp3) is 0.0667. The lowest BCUT2D eigenvalue weighted by Gasteiger charge is -2.11. The molecule has 0 spiro atoms.